The number of carbonyl (C=O) groups is 1. The standard InChI is InChI=1S/C13H19NO2/c1-3-12(9-15)14-13(16)8-11-7-5-4-6-10(11)2/h4-7,12,15H,3,8-9H2,1-2H3,(H,14,16). The topological polar surface area (TPSA) is 49.3 Å². The fraction of sp³-hybridized carbons (Fsp3) is 0.462. The van der Waals surface area contributed by atoms with Gasteiger partial charge in [0.05, 0.1) is 19.1 Å². The maximum atomic E-state index is 11.7. The Hall–Kier alpha value is -1.35. The summed E-state index contributed by atoms with van der Waals surface area (Å²) in [6, 6.07) is 7.70. The number of rotatable bonds is 5. The van der Waals surface area contributed by atoms with Crippen LogP contribution < -0.4 is 5.32 Å². The lowest BCUT2D eigenvalue weighted by Gasteiger charge is -2.14. The Morgan fingerprint density at radius 1 is 1.44 bits per heavy atom. The molecular formula is C13H19NO2. The van der Waals surface area contributed by atoms with Crippen molar-refractivity contribution in [2.45, 2.75) is 32.7 Å². The van der Waals surface area contributed by atoms with E-state index < -0.39 is 0 Å². The van der Waals surface area contributed by atoms with E-state index in [1.807, 2.05) is 38.1 Å². The normalized spacial score (nSPS) is 12.2. The highest BCUT2D eigenvalue weighted by atomic mass is 16.3. The first kappa shape index (κ1) is 12.7. The first-order valence-corrected chi connectivity index (χ1v) is 5.62. The average molecular weight is 221 g/mol. The highest BCUT2D eigenvalue weighted by molar-refractivity contribution is 5.79. The van der Waals surface area contributed by atoms with Gasteiger partial charge in [-0.2, -0.15) is 0 Å². The predicted octanol–water partition coefficient (Wildman–Crippen LogP) is 1.42. The Morgan fingerprint density at radius 2 is 2.12 bits per heavy atom. The number of aryl methyl sites for hydroxylation is 1. The zero-order valence-electron chi connectivity index (χ0n) is 9.86. The lowest BCUT2D eigenvalue weighted by Crippen LogP contribution is -2.37. The molecule has 1 rings (SSSR count). The third-order valence-corrected chi connectivity index (χ3v) is 2.69. The first-order chi connectivity index (χ1) is 7.67. The zero-order chi connectivity index (χ0) is 12.0. The van der Waals surface area contributed by atoms with Crippen LogP contribution in [0.5, 0.6) is 0 Å². The number of nitrogens with one attached hydrogen (secondary N) is 1. The molecule has 0 fully saturated rings. The highest BCUT2D eigenvalue weighted by Crippen LogP contribution is 2.07. The Labute approximate surface area is 96.5 Å². The third kappa shape index (κ3) is 3.66. The van der Waals surface area contributed by atoms with Crippen molar-refractivity contribution in [2.24, 2.45) is 0 Å². The molecule has 0 saturated carbocycles. The molecule has 3 heteroatoms. The lowest BCUT2D eigenvalue weighted by atomic mass is 10.1. The summed E-state index contributed by atoms with van der Waals surface area (Å²) >= 11 is 0. The molecule has 1 amide bonds. The molecule has 16 heavy (non-hydrogen) atoms. The van der Waals surface area contributed by atoms with Gasteiger partial charge in [-0.3, -0.25) is 4.79 Å². The number of benzene rings is 1. The van der Waals surface area contributed by atoms with E-state index in [0.717, 1.165) is 17.5 Å². The number of amides is 1. The number of carbonyl (C=O) groups excluding carboxylic acids is 1. The maximum absolute atomic E-state index is 11.7. The fourth-order valence-electron chi connectivity index (χ4n) is 1.54. The Balaban J connectivity index is 2.55. The van der Waals surface area contributed by atoms with Crippen molar-refractivity contribution in [3.8, 4) is 0 Å². The van der Waals surface area contributed by atoms with Crippen LogP contribution in [0.25, 0.3) is 0 Å². The van der Waals surface area contributed by atoms with Gasteiger partial charge < -0.3 is 10.4 Å². The van der Waals surface area contributed by atoms with Crippen molar-refractivity contribution in [3.63, 3.8) is 0 Å². The molecule has 1 unspecified atom stereocenters. The molecule has 2 N–H and O–H groups in total. The van der Waals surface area contributed by atoms with E-state index in [0.29, 0.717) is 6.42 Å². The Morgan fingerprint density at radius 3 is 2.69 bits per heavy atom. The average Bonchev–Trinajstić information content (AvgIpc) is 2.29. The first-order valence-electron chi connectivity index (χ1n) is 5.62. The Bertz CT molecular complexity index is 346. The second-order valence-electron chi connectivity index (χ2n) is 3.96. The summed E-state index contributed by atoms with van der Waals surface area (Å²) in [5, 5.41) is 11.8. The van der Waals surface area contributed by atoms with E-state index in [1.54, 1.807) is 0 Å². The molecule has 3 nitrogen and oxygen atoms in total. The molecular weight excluding hydrogens is 202 g/mol. The SMILES string of the molecule is CCC(CO)NC(=O)Cc1ccccc1C. The van der Waals surface area contributed by atoms with Gasteiger partial charge in [-0.15, -0.1) is 0 Å². The minimum atomic E-state index is -0.128. The van der Waals surface area contributed by atoms with E-state index in [9.17, 15) is 4.79 Å². The van der Waals surface area contributed by atoms with Crippen molar-refractivity contribution < 1.29 is 9.90 Å². The van der Waals surface area contributed by atoms with Gasteiger partial charge in [-0.25, -0.2) is 0 Å². The molecule has 0 aliphatic rings. The summed E-state index contributed by atoms with van der Waals surface area (Å²) in [6.07, 6.45) is 1.12. The molecule has 0 aliphatic heterocycles. The smallest absolute Gasteiger partial charge is 0.224 e. The van der Waals surface area contributed by atoms with Crippen molar-refractivity contribution in [1.82, 2.24) is 5.32 Å². The summed E-state index contributed by atoms with van der Waals surface area (Å²) in [4.78, 5) is 11.7. The predicted molar refractivity (Wildman–Crippen MR) is 64.2 cm³/mol. The van der Waals surface area contributed by atoms with Crippen molar-refractivity contribution in [2.75, 3.05) is 6.61 Å². The zero-order valence-corrected chi connectivity index (χ0v) is 9.86. The molecule has 1 aromatic rings. The molecule has 0 aliphatic carbocycles. The van der Waals surface area contributed by atoms with Crippen LogP contribution in [0, 0.1) is 6.92 Å². The van der Waals surface area contributed by atoms with E-state index in [4.69, 9.17) is 5.11 Å². The largest absolute Gasteiger partial charge is 0.394 e. The minimum Gasteiger partial charge on any atom is -0.394 e. The molecule has 0 heterocycles. The van der Waals surface area contributed by atoms with Gasteiger partial charge in [0, 0.05) is 0 Å². The van der Waals surface area contributed by atoms with Crippen LogP contribution in [0.3, 0.4) is 0 Å². The summed E-state index contributed by atoms with van der Waals surface area (Å²) in [6.45, 7) is 3.93. The number of hydrogen-bond acceptors (Lipinski definition) is 2. The maximum Gasteiger partial charge on any atom is 0.224 e. The van der Waals surface area contributed by atoms with Gasteiger partial charge in [-0.1, -0.05) is 31.2 Å². The molecule has 1 aromatic carbocycles. The monoisotopic (exact) mass is 221 g/mol. The molecule has 1 atom stereocenters. The fourth-order valence-corrected chi connectivity index (χ4v) is 1.54. The highest BCUT2D eigenvalue weighted by Gasteiger charge is 2.10. The second kappa shape index (κ2) is 6.28. The van der Waals surface area contributed by atoms with Crippen LogP contribution in [-0.2, 0) is 11.2 Å². The van der Waals surface area contributed by atoms with Gasteiger partial charge in [-0.05, 0) is 24.5 Å². The van der Waals surface area contributed by atoms with Gasteiger partial charge in [0.15, 0.2) is 0 Å². The second-order valence-corrected chi connectivity index (χ2v) is 3.96. The van der Waals surface area contributed by atoms with Crippen LogP contribution in [0.15, 0.2) is 24.3 Å². The van der Waals surface area contributed by atoms with Crippen molar-refractivity contribution in [1.29, 1.82) is 0 Å². The quantitative estimate of drug-likeness (QED) is 0.790. The summed E-state index contributed by atoms with van der Waals surface area (Å²) in [5.74, 6) is -0.0322. The van der Waals surface area contributed by atoms with E-state index in [2.05, 4.69) is 5.32 Å². The molecule has 0 bridgehead atoms. The van der Waals surface area contributed by atoms with Crippen LogP contribution >= 0.6 is 0 Å². The van der Waals surface area contributed by atoms with Crippen LogP contribution in [-0.4, -0.2) is 23.7 Å². The van der Waals surface area contributed by atoms with E-state index in [1.165, 1.54) is 0 Å². The van der Waals surface area contributed by atoms with Crippen LogP contribution in [0.4, 0.5) is 0 Å². The molecule has 0 aromatic heterocycles. The van der Waals surface area contributed by atoms with Gasteiger partial charge in [0.1, 0.15) is 0 Å². The summed E-state index contributed by atoms with van der Waals surface area (Å²) < 4.78 is 0. The van der Waals surface area contributed by atoms with Crippen molar-refractivity contribution >= 4 is 5.91 Å². The lowest BCUT2D eigenvalue weighted by molar-refractivity contribution is -0.121. The third-order valence-electron chi connectivity index (χ3n) is 2.69. The summed E-state index contributed by atoms with van der Waals surface area (Å²) in [7, 11) is 0. The molecule has 0 saturated heterocycles. The van der Waals surface area contributed by atoms with Crippen LogP contribution in [0.2, 0.25) is 0 Å². The Kier molecular flexibility index (Phi) is 4.99. The van der Waals surface area contributed by atoms with Crippen LogP contribution in [0.1, 0.15) is 24.5 Å². The molecule has 88 valence electrons. The van der Waals surface area contributed by atoms with Gasteiger partial charge >= 0.3 is 0 Å². The summed E-state index contributed by atoms with van der Waals surface area (Å²) in [5.41, 5.74) is 2.16. The van der Waals surface area contributed by atoms with Gasteiger partial charge in [0.25, 0.3) is 0 Å². The molecule has 0 spiro atoms. The van der Waals surface area contributed by atoms with Gasteiger partial charge in [0.2, 0.25) is 5.91 Å². The van der Waals surface area contributed by atoms with E-state index in [-0.39, 0.29) is 18.6 Å². The van der Waals surface area contributed by atoms with Crippen molar-refractivity contribution in [3.05, 3.63) is 35.4 Å². The number of hydrogen-bond donors (Lipinski definition) is 2. The van der Waals surface area contributed by atoms with E-state index >= 15 is 0 Å². The minimum absolute atomic E-state index is 0.00396. The number of aliphatic hydroxyl groups is 1. The molecule has 0 radical (unpaired) electrons. The number of aliphatic hydroxyl groups excluding tert-OH is 1.